The second-order valence-electron chi connectivity index (χ2n) is 5.65. The molecule has 0 saturated carbocycles. The number of nitrogens with zero attached hydrogens (tertiary/aromatic N) is 4. The summed E-state index contributed by atoms with van der Waals surface area (Å²) in [7, 11) is 0. The van der Waals surface area contributed by atoms with E-state index in [0.717, 1.165) is 11.4 Å². The summed E-state index contributed by atoms with van der Waals surface area (Å²) in [6, 6.07) is 15.5. The average Bonchev–Trinajstić information content (AvgIpc) is 3.07. The quantitative estimate of drug-likeness (QED) is 0.688. The van der Waals surface area contributed by atoms with Crippen LogP contribution in [0, 0.1) is 13.8 Å². The van der Waals surface area contributed by atoms with Gasteiger partial charge in [-0.05, 0) is 59.7 Å². The first kappa shape index (κ1) is 17.2. The number of hydrogen-bond acceptors (Lipinski definition) is 5. The highest BCUT2D eigenvalue weighted by Gasteiger charge is 2.11. The molecule has 1 N–H and O–H groups in total. The van der Waals surface area contributed by atoms with Gasteiger partial charge >= 0.3 is 0 Å². The van der Waals surface area contributed by atoms with E-state index < -0.39 is 0 Å². The van der Waals surface area contributed by atoms with Gasteiger partial charge in [0.15, 0.2) is 0 Å². The Hall–Kier alpha value is -2.67. The van der Waals surface area contributed by atoms with Crippen molar-refractivity contribution in [2.24, 2.45) is 0 Å². The van der Waals surface area contributed by atoms with E-state index >= 15 is 0 Å². The van der Waals surface area contributed by atoms with Gasteiger partial charge in [-0.1, -0.05) is 36.0 Å². The largest absolute Gasteiger partial charge is 0.326 e. The highest BCUT2D eigenvalue weighted by atomic mass is 32.2. The number of tetrazole rings is 1. The fourth-order valence-corrected chi connectivity index (χ4v) is 3.10. The predicted octanol–water partition coefficient (Wildman–Crippen LogP) is 3.40. The number of para-hydroxylation sites is 1. The lowest BCUT2D eigenvalue weighted by molar-refractivity contribution is -0.115. The maximum absolute atomic E-state index is 12.0. The zero-order chi connectivity index (χ0) is 17.6. The maximum atomic E-state index is 12.0. The number of benzene rings is 2. The van der Waals surface area contributed by atoms with Crippen LogP contribution in [0.25, 0.3) is 5.69 Å². The van der Waals surface area contributed by atoms with Gasteiger partial charge in [0.05, 0.1) is 5.69 Å². The van der Waals surface area contributed by atoms with Crippen molar-refractivity contribution < 1.29 is 4.79 Å². The molecule has 0 fully saturated rings. The number of thioether (sulfide) groups is 1. The topological polar surface area (TPSA) is 72.7 Å². The molecule has 1 heterocycles. The Morgan fingerprint density at radius 2 is 1.92 bits per heavy atom. The summed E-state index contributed by atoms with van der Waals surface area (Å²) >= 11 is 1.46. The lowest BCUT2D eigenvalue weighted by Crippen LogP contribution is -2.12. The molecule has 0 spiro atoms. The van der Waals surface area contributed by atoms with Gasteiger partial charge in [0.25, 0.3) is 0 Å². The van der Waals surface area contributed by atoms with Crippen molar-refractivity contribution in [2.75, 3.05) is 11.1 Å². The van der Waals surface area contributed by atoms with Gasteiger partial charge in [-0.2, -0.15) is 4.68 Å². The molecule has 7 heteroatoms. The van der Waals surface area contributed by atoms with E-state index in [9.17, 15) is 4.79 Å². The smallest absolute Gasteiger partial charge is 0.225 e. The molecule has 6 nitrogen and oxygen atoms in total. The molecule has 25 heavy (non-hydrogen) atoms. The fraction of sp³-hybridized carbons (Fsp3) is 0.222. The minimum atomic E-state index is -0.0242. The van der Waals surface area contributed by atoms with Crippen LogP contribution in [0.4, 0.5) is 5.69 Å². The van der Waals surface area contributed by atoms with E-state index in [-0.39, 0.29) is 5.91 Å². The lowest BCUT2D eigenvalue weighted by Gasteiger charge is -2.07. The van der Waals surface area contributed by atoms with Crippen LogP contribution in [0.2, 0.25) is 0 Å². The Labute approximate surface area is 150 Å². The highest BCUT2D eigenvalue weighted by molar-refractivity contribution is 7.99. The van der Waals surface area contributed by atoms with Crippen LogP contribution >= 0.6 is 11.8 Å². The molecule has 1 aromatic heterocycles. The van der Waals surface area contributed by atoms with E-state index in [1.807, 2.05) is 42.5 Å². The third kappa shape index (κ3) is 4.45. The number of rotatable bonds is 6. The van der Waals surface area contributed by atoms with Gasteiger partial charge in [-0.15, -0.1) is 5.10 Å². The molecular formula is C18H19N5OS. The molecule has 2 aromatic carbocycles. The summed E-state index contributed by atoms with van der Waals surface area (Å²) in [4.78, 5) is 12.0. The summed E-state index contributed by atoms with van der Waals surface area (Å²) in [5.74, 6) is 0.577. The number of aryl methyl sites for hydroxylation is 2. The van der Waals surface area contributed by atoms with E-state index in [4.69, 9.17) is 0 Å². The van der Waals surface area contributed by atoms with Crippen LogP contribution in [0.3, 0.4) is 0 Å². The average molecular weight is 353 g/mol. The Kier molecular flexibility index (Phi) is 5.45. The summed E-state index contributed by atoms with van der Waals surface area (Å²) in [5.41, 5.74) is 4.14. The Morgan fingerprint density at radius 3 is 2.68 bits per heavy atom. The Bertz CT molecular complexity index is 863. The number of anilines is 1. The van der Waals surface area contributed by atoms with Crippen molar-refractivity contribution in [1.29, 1.82) is 0 Å². The van der Waals surface area contributed by atoms with Crippen molar-refractivity contribution in [2.45, 2.75) is 25.4 Å². The van der Waals surface area contributed by atoms with Crippen molar-refractivity contribution in [1.82, 2.24) is 20.2 Å². The number of nitrogens with one attached hydrogen (secondary N) is 1. The summed E-state index contributed by atoms with van der Waals surface area (Å²) in [6.45, 7) is 4.13. The third-order valence-electron chi connectivity index (χ3n) is 3.79. The summed E-state index contributed by atoms with van der Waals surface area (Å²) in [5, 5.41) is 15.4. The van der Waals surface area contributed by atoms with Crippen LogP contribution in [0.15, 0.2) is 53.7 Å². The van der Waals surface area contributed by atoms with E-state index in [1.165, 1.54) is 22.9 Å². The molecular weight excluding hydrogens is 334 g/mol. The molecule has 0 aliphatic rings. The van der Waals surface area contributed by atoms with Gasteiger partial charge in [-0.25, -0.2) is 0 Å². The summed E-state index contributed by atoms with van der Waals surface area (Å²) < 4.78 is 1.70. The van der Waals surface area contributed by atoms with Crippen LogP contribution in [-0.2, 0) is 4.79 Å². The monoisotopic (exact) mass is 353 g/mol. The minimum Gasteiger partial charge on any atom is -0.326 e. The van der Waals surface area contributed by atoms with E-state index in [1.54, 1.807) is 4.68 Å². The Morgan fingerprint density at radius 1 is 1.12 bits per heavy atom. The maximum Gasteiger partial charge on any atom is 0.225 e. The van der Waals surface area contributed by atoms with Crippen LogP contribution in [-0.4, -0.2) is 31.9 Å². The standard InChI is InChI=1S/C18H19N5OS/c1-13-8-9-16(12-14(13)2)23-18(20-21-22-23)25-11-10-17(24)19-15-6-4-3-5-7-15/h3-9,12H,10-11H2,1-2H3,(H,19,24). The van der Waals surface area contributed by atoms with Gasteiger partial charge in [0.2, 0.25) is 11.1 Å². The first-order valence-electron chi connectivity index (χ1n) is 7.97. The SMILES string of the molecule is Cc1ccc(-n2nnnc2SCCC(=O)Nc2ccccc2)cc1C. The number of amides is 1. The number of aromatic nitrogens is 4. The fourth-order valence-electron chi connectivity index (χ4n) is 2.27. The molecule has 128 valence electrons. The van der Waals surface area contributed by atoms with Gasteiger partial charge in [0, 0.05) is 17.9 Å². The molecule has 0 unspecified atom stereocenters. The third-order valence-corrected chi connectivity index (χ3v) is 4.71. The minimum absolute atomic E-state index is 0.0242. The molecule has 0 atom stereocenters. The van der Waals surface area contributed by atoms with Gasteiger partial charge in [-0.3, -0.25) is 4.79 Å². The second-order valence-corrected chi connectivity index (χ2v) is 6.72. The second kappa shape index (κ2) is 7.94. The number of carbonyl (C=O) groups excluding carboxylic acids is 1. The van der Waals surface area contributed by atoms with Crippen molar-refractivity contribution in [3.63, 3.8) is 0 Å². The van der Waals surface area contributed by atoms with Crippen molar-refractivity contribution in [3.8, 4) is 5.69 Å². The van der Waals surface area contributed by atoms with Gasteiger partial charge < -0.3 is 5.32 Å². The predicted molar refractivity (Wildman–Crippen MR) is 99.0 cm³/mol. The molecule has 0 saturated heterocycles. The molecule has 0 aliphatic heterocycles. The number of hydrogen-bond donors (Lipinski definition) is 1. The van der Waals surface area contributed by atoms with Crippen LogP contribution < -0.4 is 5.32 Å². The molecule has 0 aliphatic carbocycles. The lowest BCUT2D eigenvalue weighted by atomic mass is 10.1. The molecule has 0 bridgehead atoms. The molecule has 1 amide bonds. The zero-order valence-electron chi connectivity index (χ0n) is 14.1. The Balaban J connectivity index is 1.58. The van der Waals surface area contributed by atoms with Gasteiger partial charge in [0.1, 0.15) is 0 Å². The van der Waals surface area contributed by atoms with Crippen molar-refractivity contribution >= 4 is 23.4 Å². The normalized spacial score (nSPS) is 10.6. The van der Waals surface area contributed by atoms with E-state index in [2.05, 4.69) is 40.8 Å². The first-order valence-corrected chi connectivity index (χ1v) is 8.96. The van der Waals surface area contributed by atoms with E-state index in [0.29, 0.717) is 17.3 Å². The molecule has 3 rings (SSSR count). The first-order chi connectivity index (χ1) is 12.1. The molecule has 3 aromatic rings. The van der Waals surface area contributed by atoms with Crippen LogP contribution in [0.5, 0.6) is 0 Å². The number of carbonyl (C=O) groups is 1. The summed E-state index contributed by atoms with van der Waals surface area (Å²) in [6.07, 6.45) is 0.388. The van der Waals surface area contributed by atoms with Crippen molar-refractivity contribution in [3.05, 3.63) is 59.7 Å². The molecule has 0 radical (unpaired) electrons. The van der Waals surface area contributed by atoms with Crippen LogP contribution in [0.1, 0.15) is 17.5 Å². The zero-order valence-corrected chi connectivity index (χ0v) is 15.0. The highest BCUT2D eigenvalue weighted by Crippen LogP contribution is 2.20.